The van der Waals surface area contributed by atoms with E-state index >= 15 is 0 Å². The fraction of sp³-hybridized carbons (Fsp3) is 0.167. The highest BCUT2D eigenvalue weighted by molar-refractivity contribution is 9.10. The molecule has 18 heavy (non-hydrogen) atoms. The number of aromatic hydroxyl groups is 1. The van der Waals surface area contributed by atoms with Crippen LogP contribution in [0.25, 0.3) is 0 Å². The van der Waals surface area contributed by atoms with E-state index in [4.69, 9.17) is 0 Å². The van der Waals surface area contributed by atoms with E-state index in [1.54, 1.807) is 29.1 Å². The van der Waals surface area contributed by atoms with Crippen LogP contribution >= 0.6 is 15.9 Å². The Morgan fingerprint density at radius 1 is 1.56 bits per heavy atom. The van der Waals surface area contributed by atoms with Crippen molar-refractivity contribution in [1.82, 2.24) is 9.78 Å². The highest BCUT2D eigenvalue weighted by Gasteiger charge is 2.08. The summed E-state index contributed by atoms with van der Waals surface area (Å²) >= 11 is 3.33. The van der Waals surface area contributed by atoms with E-state index in [2.05, 4.69) is 26.3 Å². The summed E-state index contributed by atoms with van der Waals surface area (Å²) < 4.78 is 2.47. The van der Waals surface area contributed by atoms with Gasteiger partial charge < -0.3 is 10.4 Å². The van der Waals surface area contributed by atoms with Crippen LogP contribution in [0.4, 0.5) is 5.69 Å². The second kappa shape index (κ2) is 5.22. The van der Waals surface area contributed by atoms with Gasteiger partial charge >= 0.3 is 0 Å². The first-order valence-electron chi connectivity index (χ1n) is 5.33. The summed E-state index contributed by atoms with van der Waals surface area (Å²) in [6, 6.07) is 6.42. The standard InChI is InChI=1S/C12H12BrN3O2/c1-8-11(13)6-14-16(8)7-12(18)15-9-3-2-4-10(17)5-9/h2-6,17H,7H2,1H3,(H,15,18). The van der Waals surface area contributed by atoms with E-state index in [0.29, 0.717) is 5.69 Å². The minimum Gasteiger partial charge on any atom is -0.508 e. The lowest BCUT2D eigenvalue weighted by Crippen LogP contribution is -2.20. The number of hydrogen-bond acceptors (Lipinski definition) is 3. The zero-order valence-corrected chi connectivity index (χ0v) is 11.3. The number of anilines is 1. The van der Waals surface area contributed by atoms with Gasteiger partial charge in [0.25, 0.3) is 0 Å². The summed E-state index contributed by atoms with van der Waals surface area (Å²) in [6.07, 6.45) is 1.65. The van der Waals surface area contributed by atoms with Gasteiger partial charge in [-0.2, -0.15) is 5.10 Å². The molecule has 2 aromatic rings. The van der Waals surface area contributed by atoms with Gasteiger partial charge in [-0.15, -0.1) is 0 Å². The number of phenols is 1. The van der Waals surface area contributed by atoms with Crippen molar-refractivity contribution in [3.63, 3.8) is 0 Å². The second-order valence-corrected chi connectivity index (χ2v) is 4.69. The van der Waals surface area contributed by atoms with Gasteiger partial charge in [-0.3, -0.25) is 9.48 Å². The fourth-order valence-electron chi connectivity index (χ4n) is 1.50. The zero-order valence-electron chi connectivity index (χ0n) is 9.72. The molecule has 0 saturated carbocycles. The highest BCUT2D eigenvalue weighted by Crippen LogP contribution is 2.16. The molecule has 1 amide bonds. The van der Waals surface area contributed by atoms with E-state index in [1.165, 1.54) is 6.07 Å². The Balaban J connectivity index is 2.03. The van der Waals surface area contributed by atoms with Crippen LogP contribution in [0.15, 0.2) is 34.9 Å². The van der Waals surface area contributed by atoms with Gasteiger partial charge in [0.1, 0.15) is 12.3 Å². The Hall–Kier alpha value is -1.82. The molecule has 2 N–H and O–H groups in total. The maximum atomic E-state index is 11.8. The monoisotopic (exact) mass is 309 g/mol. The normalized spacial score (nSPS) is 10.3. The van der Waals surface area contributed by atoms with Crippen molar-refractivity contribution in [1.29, 1.82) is 0 Å². The molecule has 2 rings (SSSR count). The molecule has 0 spiro atoms. The molecule has 1 aromatic carbocycles. The number of amides is 1. The van der Waals surface area contributed by atoms with E-state index in [0.717, 1.165) is 10.2 Å². The number of phenolic OH excluding ortho intramolecular Hbond substituents is 1. The predicted molar refractivity (Wildman–Crippen MR) is 71.4 cm³/mol. The largest absolute Gasteiger partial charge is 0.508 e. The molecule has 1 heterocycles. The maximum absolute atomic E-state index is 11.8. The number of nitrogens with zero attached hydrogens (tertiary/aromatic N) is 2. The highest BCUT2D eigenvalue weighted by atomic mass is 79.9. The number of carbonyl (C=O) groups is 1. The van der Waals surface area contributed by atoms with Crippen LogP contribution in [-0.2, 0) is 11.3 Å². The summed E-state index contributed by atoms with van der Waals surface area (Å²) in [7, 11) is 0. The smallest absolute Gasteiger partial charge is 0.246 e. The fourth-order valence-corrected chi connectivity index (χ4v) is 1.80. The van der Waals surface area contributed by atoms with Crippen molar-refractivity contribution >= 4 is 27.5 Å². The Bertz CT molecular complexity index is 580. The lowest BCUT2D eigenvalue weighted by molar-refractivity contribution is -0.116. The van der Waals surface area contributed by atoms with Crippen LogP contribution in [0, 0.1) is 6.92 Å². The van der Waals surface area contributed by atoms with Crippen molar-refractivity contribution in [2.24, 2.45) is 0 Å². The van der Waals surface area contributed by atoms with Gasteiger partial charge in [-0.1, -0.05) is 6.07 Å². The lowest BCUT2D eigenvalue weighted by atomic mass is 10.3. The Morgan fingerprint density at radius 2 is 2.33 bits per heavy atom. The molecule has 0 unspecified atom stereocenters. The van der Waals surface area contributed by atoms with Crippen molar-refractivity contribution in [2.45, 2.75) is 13.5 Å². The topological polar surface area (TPSA) is 67.2 Å². The van der Waals surface area contributed by atoms with Gasteiger partial charge in [0.2, 0.25) is 5.91 Å². The van der Waals surface area contributed by atoms with Crippen LogP contribution in [0.3, 0.4) is 0 Å². The third-order valence-electron chi connectivity index (χ3n) is 2.47. The van der Waals surface area contributed by atoms with E-state index < -0.39 is 0 Å². The first kappa shape index (κ1) is 12.6. The minimum atomic E-state index is -0.195. The molecule has 0 radical (unpaired) electrons. The Morgan fingerprint density at radius 3 is 2.94 bits per heavy atom. The summed E-state index contributed by atoms with van der Waals surface area (Å²) in [4.78, 5) is 11.8. The molecule has 0 atom stereocenters. The van der Waals surface area contributed by atoms with E-state index in [1.807, 2.05) is 6.92 Å². The third-order valence-corrected chi connectivity index (χ3v) is 3.25. The van der Waals surface area contributed by atoms with Crippen molar-refractivity contribution in [2.75, 3.05) is 5.32 Å². The lowest BCUT2D eigenvalue weighted by Gasteiger charge is -2.07. The third kappa shape index (κ3) is 2.89. The molecule has 0 bridgehead atoms. The Labute approximate surface area is 113 Å². The minimum absolute atomic E-state index is 0.116. The van der Waals surface area contributed by atoms with Crippen LogP contribution < -0.4 is 5.32 Å². The van der Waals surface area contributed by atoms with Gasteiger partial charge in [-0.25, -0.2) is 0 Å². The van der Waals surface area contributed by atoms with Gasteiger partial charge in [0, 0.05) is 11.8 Å². The molecule has 6 heteroatoms. The average molecular weight is 310 g/mol. The summed E-state index contributed by atoms with van der Waals surface area (Å²) in [5, 5.41) is 16.1. The van der Waals surface area contributed by atoms with Crippen molar-refractivity contribution in [3.8, 4) is 5.75 Å². The molecule has 0 aliphatic carbocycles. The molecule has 0 saturated heterocycles. The van der Waals surface area contributed by atoms with Gasteiger partial charge in [0.05, 0.1) is 16.4 Å². The average Bonchev–Trinajstić information content (AvgIpc) is 2.61. The first-order valence-corrected chi connectivity index (χ1v) is 6.12. The molecule has 5 nitrogen and oxygen atoms in total. The van der Waals surface area contributed by atoms with Crippen LogP contribution in [-0.4, -0.2) is 20.8 Å². The number of aromatic nitrogens is 2. The summed E-state index contributed by atoms with van der Waals surface area (Å²) in [6.45, 7) is 2.01. The molecule has 0 fully saturated rings. The van der Waals surface area contributed by atoms with Crippen LogP contribution in [0.5, 0.6) is 5.75 Å². The van der Waals surface area contributed by atoms with Crippen LogP contribution in [0.2, 0.25) is 0 Å². The molecule has 0 aliphatic rings. The zero-order chi connectivity index (χ0) is 13.1. The molecule has 94 valence electrons. The van der Waals surface area contributed by atoms with Crippen molar-refractivity contribution < 1.29 is 9.90 Å². The number of nitrogens with one attached hydrogen (secondary N) is 1. The van der Waals surface area contributed by atoms with Crippen LogP contribution in [0.1, 0.15) is 5.69 Å². The Kier molecular flexibility index (Phi) is 3.66. The number of rotatable bonds is 3. The van der Waals surface area contributed by atoms with Gasteiger partial charge in [-0.05, 0) is 35.0 Å². The van der Waals surface area contributed by atoms with Gasteiger partial charge in [0.15, 0.2) is 0 Å². The predicted octanol–water partition coefficient (Wildman–Crippen LogP) is 2.30. The first-order chi connectivity index (χ1) is 8.56. The number of carbonyl (C=O) groups excluding carboxylic acids is 1. The molecule has 1 aromatic heterocycles. The molecular formula is C12H12BrN3O2. The van der Waals surface area contributed by atoms with Crippen molar-refractivity contribution in [3.05, 3.63) is 40.6 Å². The summed E-state index contributed by atoms with van der Waals surface area (Å²) in [5.74, 6) is -0.0786. The van der Waals surface area contributed by atoms with E-state index in [-0.39, 0.29) is 18.2 Å². The molecular weight excluding hydrogens is 298 g/mol. The number of benzene rings is 1. The summed E-state index contributed by atoms with van der Waals surface area (Å²) in [5.41, 5.74) is 1.45. The SMILES string of the molecule is Cc1c(Br)cnn1CC(=O)Nc1cccc(O)c1. The second-order valence-electron chi connectivity index (χ2n) is 3.83. The maximum Gasteiger partial charge on any atom is 0.246 e. The number of halogens is 1. The number of hydrogen-bond donors (Lipinski definition) is 2. The van der Waals surface area contributed by atoms with E-state index in [9.17, 15) is 9.90 Å². The quantitative estimate of drug-likeness (QED) is 0.914. The molecule has 0 aliphatic heterocycles.